The molecular weight excluding hydrogens is 885 g/mol. The molecule has 0 N–H and O–H groups in total. The lowest BCUT2D eigenvalue weighted by molar-refractivity contribution is -0.134. The van der Waals surface area contributed by atoms with Crippen molar-refractivity contribution in [2.45, 2.75) is 134 Å². The zero-order valence-electron chi connectivity index (χ0n) is 43.8. The van der Waals surface area contributed by atoms with Crippen molar-refractivity contribution in [3.8, 4) is 22.5 Å². The van der Waals surface area contributed by atoms with Crippen LogP contribution in [0, 0.1) is 17.8 Å². The van der Waals surface area contributed by atoms with Crippen LogP contribution >= 0.6 is 0 Å². The lowest BCUT2D eigenvalue weighted by atomic mass is 9.93. The van der Waals surface area contributed by atoms with Crippen LogP contribution in [0.25, 0.3) is 22.5 Å². The van der Waals surface area contributed by atoms with Crippen molar-refractivity contribution >= 4 is 23.6 Å². The molecular formula is C59H80N8O4. The average Bonchev–Trinajstić information content (AvgIpc) is 3.33. The van der Waals surface area contributed by atoms with Crippen molar-refractivity contribution in [3.05, 3.63) is 130 Å². The Balaban J connectivity index is 0.000000262. The highest BCUT2D eigenvalue weighted by Gasteiger charge is 2.36. The van der Waals surface area contributed by atoms with Gasteiger partial charge in [-0.15, -0.1) is 20.4 Å². The highest BCUT2D eigenvalue weighted by atomic mass is 16.2. The van der Waals surface area contributed by atoms with Gasteiger partial charge >= 0.3 is 0 Å². The van der Waals surface area contributed by atoms with Crippen LogP contribution in [0.15, 0.2) is 91.0 Å². The smallest absolute Gasteiger partial charge is 0.274 e. The molecule has 0 radical (unpaired) electrons. The van der Waals surface area contributed by atoms with Gasteiger partial charge in [-0.2, -0.15) is 0 Å². The van der Waals surface area contributed by atoms with Crippen molar-refractivity contribution in [3.63, 3.8) is 0 Å². The van der Waals surface area contributed by atoms with Crippen LogP contribution in [-0.2, 0) is 28.9 Å². The molecule has 2 aliphatic rings. The summed E-state index contributed by atoms with van der Waals surface area (Å²) in [7, 11) is 0. The first-order valence-corrected chi connectivity index (χ1v) is 25.4. The Morgan fingerprint density at radius 2 is 0.958 bits per heavy atom. The van der Waals surface area contributed by atoms with Crippen LogP contribution in [0.5, 0.6) is 0 Å². The fraction of sp³-hybridized carbons (Fsp3) is 0.492. The summed E-state index contributed by atoms with van der Waals surface area (Å²) in [6.07, 6.45) is 2.21. The van der Waals surface area contributed by atoms with Crippen LogP contribution in [0.1, 0.15) is 151 Å². The molecule has 4 amide bonds. The number of nitrogens with zero attached hydrogens (tertiary/aromatic N) is 8. The van der Waals surface area contributed by atoms with E-state index < -0.39 is 0 Å². The molecule has 380 valence electrons. The first-order chi connectivity index (χ1) is 33.3. The van der Waals surface area contributed by atoms with Gasteiger partial charge in [-0.25, -0.2) is 0 Å². The number of piperazine rings is 2. The topological polar surface area (TPSA) is 133 Å². The lowest BCUT2D eigenvalue weighted by Gasteiger charge is -2.43. The molecule has 4 heterocycles. The van der Waals surface area contributed by atoms with Gasteiger partial charge in [0, 0.05) is 64.2 Å². The molecule has 0 spiro atoms. The summed E-state index contributed by atoms with van der Waals surface area (Å²) in [6.45, 7) is 27.8. The molecule has 2 aromatic heterocycles. The Morgan fingerprint density at radius 1 is 0.535 bits per heavy atom. The van der Waals surface area contributed by atoms with Gasteiger partial charge in [-0.1, -0.05) is 156 Å². The zero-order chi connectivity index (χ0) is 50.8. The molecule has 0 bridgehead atoms. The van der Waals surface area contributed by atoms with Gasteiger partial charge in [0.25, 0.3) is 11.8 Å². The van der Waals surface area contributed by atoms with Gasteiger partial charge in [0.15, 0.2) is 11.4 Å². The first-order valence-electron chi connectivity index (χ1n) is 25.4. The maximum Gasteiger partial charge on any atom is 0.274 e. The monoisotopic (exact) mass is 965 g/mol. The summed E-state index contributed by atoms with van der Waals surface area (Å²) in [4.78, 5) is 59.3. The fourth-order valence-corrected chi connectivity index (χ4v) is 9.91. The maximum absolute atomic E-state index is 13.8. The van der Waals surface area contributed by atoms with Gasteiger partial charge in [-0.05, 0) is 88.8 Å². The summed E-state index contributed by atoms with van der Waals surface area (Å²) < 4.78 is 0. The molecule has 0 aliphatic carbocycles. The van der Waals surface area contributed by atoms with Crippen molar-refractivity contribution in [2.75, 3.05) is 39.3 Å². The number of hydrogen-bond donors (Lipinski definition) is 0. The SMILES string of the molecule is C.CC(=O)N1CCN(C(=O)c2nnc(-c3ccccc3C(C)C)cc2CC(C)C)C[C@@H]1C(C)C.CC(=O)N1CCN(C(=O)c2nnc(-c3ccccc3C(C)C)cc2CC(C)C)C[C@@H]1Cc1ccccc1. The van der Waals surface area contributed by atoms with Crippen LogP contribution in [0.2, 0.25) is 0 Å². The van der Waals surface area contributed by atoms with Gasteiger partial charge in [-0.3, -0.25) is 19.2 Å². The largest absolute Gasteiger partial charge is 0.336 e. The van der Waals surface area contributed by atoms with Gasteiger partial charge in [0.1, 0.15) is 0 Å². The molecule has 71 heavy (non-hydrogen) atoms. The van der Waals surface area contributed by atoms with Crippen molar-refractivity contribution in [1.82, 2.24) is 40.0 Å². The minimum absolute atomic E-state index is 0. The summed E-state index contributed by atoms with van der Waals surface area (Å²) in [6, 6.07) is 30.7. The average molecular weight is 965 g/mol. The Kier molecular flexibility index (Phi) is 19.7. The molecule has 2 atom stereocenters. The fourth-order valence-electron chi connectivity index (χ4n) is 9.91. The van der Waals surface area contributed by atoms with Crippen molar-refractivity contribution < 1.29 is 19.2 Å². The van der Waals surface area contributed by atoms with Crippen LogP contribution < -0.4 is 0 Å². The summed E-state index contributed by atoms with van der Waals surface area (Å²) >= 11 is 0. The second-order valence-corrected chi connectivity index (χ2v) is 21.0. The van der Waals surface area contributed by atoms with Crippen LogP contribution in [-0.4, -0.2) is 115 Å². The Labute approximate surface area is 424 Å². The molecule has 5 aromatic rings. The molecule has 3 aromatic carbocycles. The van der Waals surface area contributed by atoms with Gasteiger partial charge in [0.2, 0.25) is 11.8 Å². The predicted octanol–water partition coefficient (Wildman–Crippen LogP) is 10.8. The third-order valence-corrected chi connectivity index (χ3v) is 13.5. The number of carbonyl (C=O) groups is 4. The number of amides is 4. The molecule has 7 rings (SSSR count). The number of aromatic nitrogens is 4. The lowest BCUT2D eigenvalue weighted by Crippen LogP contribution is -2.58. The third-order valence-electron chi connectivity index (χ3n) is 13.5. The molecule has 12 heteroatoms. The van der Waals surface area contributed by atoms with E-state index in [-0.39, 0.29) is 49.1 Å². The normalized spacial score (nSPS) is 16.1. The highest BCUT2D eigenvalue weighted by molar-refractivity contribution is 5.95. The van der Waals surface area contributed by atoms with Crippen LogP contribution in [0.3, 0.4) is 0 Å². The van der Waals surface area contributed by atoms with E-state index in [4.69, 9.17) is 0 Å². The van der Waals surface area contributed by atoms with E-state index in [1.807, 2.05) is 68.1 Å². The minimum Gasteiger partial charge on any atom is -0.336 e. The Hall–Kier alpha value is -6.30. The van der Waals surface area contributed by atoms with E-state index in [1.165, 1.54) is 11.1 Å². The third kappa shape index (κ3) is 14.0. The molecule has 0 saturated carbocycles. The Morgan fingerprint density at radius 3 is 1.38 bits per heavy atom. The maximum atomic E-state index is 13.8. The quantitative estimate of drug-likeness (QED) is 0.114. The zero-order valence-corrected chi connectivity index (χ0v) is 43.8. The van der Waals surface area contributed by atoms with Crippen molar-refractivity contribution in [1.29, 1.82) is 0 Å². The van der Waals surface area contributed by atoms with E-state index >= 15 is 0 Å². The molecule has 2 fully saturated rings. The standard InChI is InChI=1S/C31H38N4O2.C27H38N4O2.CH4/c1-21(2)17-25-19-29(28-14-10-9-13-27(28)22(3)4)32-33-30(25)31(37)34-15-16-35(23(5)36)26(20-34)18-24-11-7-6-8-12-24;1-17(2)14-21-15-24(23-11-9-8-10-22(23)18(3)4)28-29-26(21)27(33)30-12-13-31(20(7)32)25(16-30)19(5)6;/h6-14,19,21-22,26H,15-18,20H2,1-5H3;8-11,15,17-19,25H,12-14,16H2,1-7H3;1H4/t26-;25-;/m01./s1. The van der Waals surface area contributed by atoms with Crippen LogP contribution in [0.4, 0.5) is 0 Å². The van der Waals surface area contributed by atoms with E-state index in [2.05, 4.69) is 132 Å². The van der Waals surface area contributed by atoms with Gasteiger partial charge in [0.05, 0.1) is 23.5 Å². The summed E-state index contributed by atoms with van der Waals surface area (Å²) in [5, 5.41) is 18.1. The molecule has 2 aliphatic heterocycles. The number of benzene rings is 3. The predicted molar refractivity (Wildman–Crippen MR) is 286 cm³/mol. The Bertz CT molecular complexity index is 2590. The summed E-state index contributed by atoms with van der Waals surface area (Å²) in [5.41, 5.74) is 10.1. The second kappa shape index (κ2) is 25.2. The van der Waals surface area contributed by atoms with Gasteiger partial charge < -0.3 is 19.6 Å². The molecule has 0 unspecified atom stereocenters. The van der Waals surface area contributed by atoms with E-state index in [0.29, 0.717) is 80.7 Å². The highest BCUT2D eigenvalue weighted by Crippen LogP contribution is 2.32. The first kappa shape index (κ1) is 55.6. The number of rotatable bonds is 13. The van der Waals surface area contributed by atoms with E-state index in [1.54, 1.807) is 13.8 Å². The number of carbonyl (C=O) groups excluding carboxylic acids is 4. The molecule has 12 nitrogen and oxygen atoms in total. The molecule has 2 saturated heterocycles. The van der Waals surface area contributed by atoms with E-state index in [0.717, 1.165) is 52.0 Å². The van der Waals surface area contributed by atoms with E-state index in [9.17, 15) is 19.2 Å². The summed E-state index contributed by atoms with van der Waals surface area (Å²) in [5.74, 6) is 1.65. The minimum atomic E-state index is -0.104. The second-order valence-electron chi connectivity index (χ2n) is 21.0. The number of hydrogen-bond acceptors (Lipinski definition) is 8. The van der Waals surface area contributed by atoms with Crippen molar-refractivity contribution in [2.24, 2.45) is 17.8 Å².